The van der Waals surface area contributed by atoms with E-state index in [1.807, 2.05) is 0 Å². The first-order valence-electron chi connectivity index (χ1n) is 3.20. The van der Waals surface area contributed by atoms with Crippen molar-refractivity contribution in [2.24, 2.45) is 0 Å². The van der Waals surface area contributed by atoms with Crippen molar-refractivity contribution in [1.29, 1.82) is 0 Å². The Bertz CT molecular complexity index is 164. The van der Waals surface area contributed by atoms with Crippen molar-refractivity contribution < 1.29 is 4.74 Å². The highest BCUT2D eigenvalue weighted by atomic mass is 35.6. The van der Waals surface area contributed by atoms with E-state index in [2.05, 4.69) is 4.31 Å². The standard InChI is InChI=1S/C5H6Cl3NOS/c6-5(7,8)11-9-3-1-10-2-4(3)9/h3-4H,1-2H2. The maximum absolute atomic E-state index is 5.59. The molecule has 2 atom stereocenters. The summed E-state index contributed by atoms with van der Waals surface area (Å²) in [6.07, 6.45) is 0. The Labute approximate surface area is 84.2 Å². The Morgan fingerprint density at radius 3 is 2.27 bits per heavy atom. The second kappa shape index (κ2) is 2.82. The molecule has 0 radical (unpaired) electrons. The van der Waals surface area contributed by atoms with E-state index in [-0.39, 0.29) is 0 Å². The molecule has 0 aliphatic carbocycles. The summed E-state index contributed by atoms with van der Waals surface area (Å²) >= 11 is 18.0. The fraction of sp³-hybridized carbons (Fsp3) is 1.00. The number of halogens is 3. The second-order valence-corrected chi connectivity index (χ2v) is 6.74. The third kappa shape index (κ3) is 1.90. The lowest BCUT2D eigenvalue weighted by Gasteiger charge is -2.12. The lowest BCUT2D eigenvalue weighted by atomic mass is 10.4. The molecule has 0 spiro atoms. The Balaban J connectivity index is 1.83. The third-order valence-electron chi connectivity index (χ3n) is 1.79. The number of rotatable bonds is 1. The first kappa shape index (κ1) is 8.73. The molecule has 2 aliphatic rings. The number of morpholine rings is 1. The Kier molecular flexibility index (Phi) is 2.24. The van der Waals surface area contributed by atoms with Crippen LogP contribution in [0.3, 0.4) is 0 Å². The van der Waals surface area contributed by atoms with Crippen LogP contribution < -0.4 is 0 Å². The average Bonchev–Trinajstić information content (AvgIpc) is 2.39. The van der Waals surface area contributed by atoms with Gasteiger partial charge in [-0.2, -0.15) is 0 Å². The highest BCUT2D eigenvalue weighted by Gasteiger charge is 2.54. The topological polar surface area (TPSA) is 12.2 Å². The first-order chi connectivity index (χ1) is 5.08. The van der Waals surface area contributed by atoms with E-state index in [1.54, 1.807) is 0 Å². The number of hydrogen-bond acceptors (Lipinski definition) is 3. The first-order valence-corrected chi connectivity index (χ1v) is 5.10. The third-order valence-corrected chi connectivity index (χ3v) is 3.37. The maximum atomic E-state index is 5.59. The molecule has 2 fully saturated rings. The molecule has 2 rings (SSSR count). The molecule has 2 saturated heterocycles. The van der Waals surface area contributed by atoms with Gasteiger partial charge in [0, 0.05) is 0 Å². The molecule has 0 N–H and O–H groups in total. The number of ether oxygens (including phenoxy) is 1. The summed E-state index contributed by atoms with van der Waals surface area (Å²) < 4.78 is 6.03. The molecule has 0 aromatic carbocycles. The predicted octanol–water partition coefficient (Wildman–Crippen LogP) is 2.05. The summed E-state index contributed by atoms with van der Waals surface area (Å²) in [7, 11) is 0. The predicted molar refractivity (Wildman–Crippen MR) is 48.1 cm³/mol. The average molecular weight is 235 g/mol. The summed E-state index contributed by atoms with van der Waals surface area (Å²) in [6.45, 7) is 1.55. The van der Waals surface area contributed by atoms with Crippen LogP contribution in [0, 0.1) is 0 Å². The van der Waals surface area contributed by atoms with Gasteiger partial charge in [0.1, 0.15) is 0 Å². The molecule has 0 amide bonds. The molecular formula is C5H6Cl3NOS. The van der Waals surface area contributed by atoms with Crippen molar-refractivity contribution >= 4 is 46.8 Å². The Morgan fingerprint density at radius 1 is 1.27 bits per heavy atom. The van der Waals surface area contributed by atoms with Gasteiger partial charge >= 0.3 is 0 Å². The fourth-order valence-electron chi connectivity index (χ4n) is 1.24. The van der Waals surface area contributed by atoms with E-state index in [1.165, 1.54) is 11.9 Å². The minimum absolute atomic E-state index is 0.482. The molecule has 6 heteroatoms. The fourth-order valence-corrected chi connectivity index (χ4v) is 2.82. The van der Waals surface area contributed by atoms with Crippen LogP contribution in [-0.4, -0.2) is 32.7 Å². The molecule has 2 heterocycles. The molecule has 11 heavy (non-hydrogen) atoms. The van der Waals surface area contributed by atoms with Crippen molar-refractivity contribution in [2.45, 2.75) is 15.2 Å². The molecule has 2 aliphatic heterocycles. The normalized spacial score (nSPS) is 42.3. The van der Waals surface area contributed by atoms with E-state index in [0.717, 1.165) is 13.2 Å². The van der Waals surface area contributed by atoms with Crippen LogP contribution in [-0.2, 0) is 4.74 Å². The lowest BCUT2D eigenvalue weighted by molar-refractivity contribution is 0.158. The molecule has 2 nitrogen and oxygen atoms in total. The van der Waals surface area contributed by atoms with E-state index in [0.29, 0.717) is 12.1 Å². The molecule has 0 bridgehead atoms. The Morgan fingerprint density at radius 2 is 1.82 bits per heavy atom. The SMILES string of the molecule is ClC(Cl)(Cl)SN1C2COCC21. The van der Waals surface area contributed by atoms with Gasteiger partial charge in [0.2, 0.25) is 0 Å². The Hall–Kier alpha value is 1.14. The van der Waals surface area contributed by atoms with E-state index in [4.69, 9.17) is 39.5 Å². The van der Waals surface area contributed by atoms with Crippen molar-refractivity contribution in [3.63, 3.8) is 0 Å². The van der Waals surface area contributed by atoms with Crippen molar-refractivity contribution in [3.05, 3.63) is 0 Å². The molecule has 0 aromatic heterocycles. The van der Waals surface area contributed by atoms with Crippen molar-refractivity contribution in [1.82, 2.24) is 4.31 Å². The number of alkyl halides is 3. The van der Waals surface area contributed by atoms with E-state index in [9.17, 15) is 0 Å². The van der Waals surface area contributed by atoms with Gasteiger partial charge in [-0.05, 0) is 11.9 Å². The zero-order chi connectivity index (χ0) is 8.06. The van der Waals surface area contributed by atoms with Crippen LogP contribution in [0.25, 0.3) is 0 Å². The van der Waals surface area contributed by atoms with Crippen LogP contribution in [0.5, 0.6) is 0 Å². The largest absolute Gasteiger partial charge is 0.378 e. The minimum atomic E-state index is -1.22. The number of nitrogens with zero attached hydrogens (tertiary/aromatic N) is 1. The highest BCUT2D eigenvalue weighted by Crippen LogP contribution is 2.50. The van der Waals surface area contributed by atoms with Crippen LogP contribution in [0.4, 0.5) is 0 Å². The molecular weight excluding hydrogens is 228 g/mol. The van der Waals surface area contributed by atoms with Crippen LogP contribution in [0.15, 0.2) is 0 Å². The highest BCUT2D eigenvalue weighted by molar-refractivity contribution is 8.02. The summed E-state index contributed by atoms with van der Waals surface area (Å²) in [5.41, 5.74) is 0. The van der Waals surface area contributed by atoms with Crippen LogP contribution >= 0.6 is 46.8 Å². The van der Waals surface area contributed by atoms with E-state index >= 15 is 0 Å². The summed E-state index contributed by atoms with van der Waals surface area (Å²) in [4.78, 5) is 0. The van der Waals surface area contributed by atoms with Gasteiger partial charge in [-0.15, -0.1) is 0 Å². The molecule has 0 aromatic rings. The van der Waals surface area contributed by atoms with E-state index < -0.39 is 3.12 Å². The van der Waals surface area contributed by atoms with Crippen LogP contribution in [0.2, 0.25) is 0 Å². The van der Waals surface area contributed by atoms with Gasteiger partial charge in [0.25, 0.3) is 3.12 Å². The van der Waals surface area contributed by atoms with Crippen molar-refractivity contribution in [3.8, 4) is 0 Å². The zero-order valence-electron chi connectivity index (χ0n) is 5.47. The van der Waals surface area contributed by atoms with Crippen LogP contribution in [0.1, 0.15) is 0 Å². The van der Waals surface area contributed by atoms with Gasteiger partial charge in [0.15, 0.2) is 0 Å². The van der Waals surface area contributed by atoms with Crippen molar-refractivity contribution in [2.75, 3.05) is 13.2 Å². The minimum Gasteiger partial charge on any atom is -0.378 e. The van der Waals surface area contributed by atoms with Gasteiger partial charge in [-0.25, -0.2) is 4.31 Å². The number of hydrogen-bond donors (Lipinski definition) is 0. The van der Waals surface area contributed by atoms with Gasteiger partial charge in [-0.3, -0.25) is 0 Å². The quantitative estimate of drug-likeness (QED) is 0.391. The monoisotopic (exact) mass is 233 g/mol. The summed E-state index contributed by atoms with van der Waals surface area (Å²) in [6, 6.07) is 0.964. The second-order valence-electron chi connectivity index (χ2n) is 2.57. The molecule has 0 saturated carbocycles. The smallest absolute Gasteiger partial charge is 0.251 e. The maximum Gasteiger partial charge on any atom is 0.251 e. The molecule has 2 unspecified atom stereocenters. The number of fused-ring (bicyclic) bond motifs is 1. The van der Waals surface area contributed by atoms with Gasteiger partial charge < -0.3 is 4.74 Å². The summed E-state index contributed by atoms with van der Waals surface area (Å²) in [5, 5.41) is 0. The lowest BCUT2D eigenvalue weighted by Crippen LogP contribution is -2.10. The van der Waals surface area contributed by atoms with Gasteiger partial charge in [0.05, 0.1) is 25.3 Å². The molecule has 64 valence electrons. The zero-order valence-corrected chi connectivity index (χ0v) is 8.55. The summed E-state index contributed by atoms with van der Waals surface area (Å²) in [5.74, 6) is 0. The van der Waals surface area contributed by atoms with Gasteiger partial charge in [-0.1, -0.05) is 34.8 Å².